The standard InChI is InChI=1S/C22H31N3O3/c1-23-22(24-15-20-14-17-6-2-3-8-21(17)28-20)25-11-9-18(10-12-25)27-16-19-7-4-5-13-26-19/h2-3,6,8,14,18-19H,4-5,7,9-13,15-16H2,1H3,(H,23,24). The first-order valence-electron chi connectivity index (χ1n) is 10.5. The van der Waals surface area contributed by atoms with E-state index >= 15 is 0 Å². The summed E-state index contributed by atoms with van der Waals surface area (Å²) in [5.74, 6) is 1.85. The molecule has 1 atom stereocenters. The van der Waals surface area contributed by atoms with Gasteiger partial charge in [0, 0.05) is 32.1 Å². The number of hydrogen-bond acceptors (Lipinski definition) is 4. The number of para-hydroxylation sites is 1. The first-order valence-corrected chi connectivity index (χ1v) is 10.5. The molecule has 0 spiro atoms. The van der Waals surface area contributed by atoms with Gasteiger partial charge in [0.25, 0.3) is 0 Å². The molecule has 4 rings (SSSR count). The van der Waals surface area contributed by atoms with E-state index in [-0.39, 0.29) is 0 Å². The zero-order chi connectivity index (χ0) is 19.2. The van der Waals surface area contributed by atoms with Crippen LogP contribution in [-0.4, -0.2) is 56.4 Å². The van der Waals surface area contributed by atoms with E-state index in [9.17, 15) is 0 Å². The van der Waals surface area contributed by atoms with Crippen molar-refractivity contribution in [2.75, 3.05) is 33.4 Å². The minimum absolute atomic E-state index is 0.296. The van der Waals surface area contributed by atoms with Crippen molar-refractivity contribution in [1.82, 2.24) is 10.2 Å². The van der Waals surface area contributed by atoms with Crippen LogP contribution in [0.3, 0.4) is 0 Å². The number of likely N-dealkylation sites (tertiary alicyclic amines) is 1. The maximum atomic E-state index is 6.12. The number of benzene rings is 1. The van der Waals surface area contributed by atoms with Crippen molar-refractivity contribution in [3.05, 3.63) is 36.1 Å². The van der Waals surface area contributed by atoms with Gasteiger partial charge in [-0.05, 0) is 44.2 Å². The van der Waals surface area contributed by atoms with Gasteiger partial charge < -0.3 is 24.1 Å². The summed E-state index contributed by atoms with van der Waals surface area (Å²) in [7, 11) is 1.84. The number of aliphatic imine (C=N–C) groups is 1. The van der Waals surface area contributed by atoms with E-state index in [1.165, 1.54) is 12.8 Å². The Kier molecular flexibility index (Phi) is 6.49. The molecule has 2 aromatic rings. The molecule has 0 saturated carbocycles. The van der Waals surface area contributed by atoms with Crippen molar-refractivity contribution in [2.45, 2.75) is 50.9 Å². The molecule has 1 aromatic carbocycles. The number of guanidine groups is 1. The van der Waals surface area contributed by atoms with E-state index < -0.39 is 0 Å². The lowest BCUT2D eigenvalue weighted by Gasteiger charge is -2.35. The minimum atomic E-state index is 0.296. The number of piperidine rings is 1. The lowest BCUT2D eigenvalue weighted by molar-refractivity contribution is -0.0721. The highest BCUT2D eigenvalue weighted by Crippen LogP contribution is 2.20. The van der Waals surface area contributed by atoms with Crippen molar-refractivity contribution >= 4 is 16.9 Å². The number of hydrogen-bond donors (Lipinski definition) is 1. The van der Waals surface area contributed by atoms with Gasteiger partial charge in [0.1, 0.15) is 11.3 Å². The second kappa shape index (κ2) is 9.43. The van der Waals surface area contributed by atoms with Crippen molar-refractivity contribution in [3.8, 4) is 0 Å². The predicted molar refractivity (Wildman–Crippen MR) is 111 cm³/mol. The van der Waals surface area contributed by atoms with Crippen LogP contribution in [0.1, 0.15) is 37.9 Å². The molecule has 0 bridgehead atoms. The molecule has 0 amide bonds. The van der Waals surface area contributed by atoms with Gasteiger partial charge in [-0.2, -0.15) is 0 Å². The van der Waals surface area contributed by atoms with Crippen molar-refractivity contribution < 1.29 is 13.9 Å². The summed E-state index contributed by atoms with van der Waals surface area (Å²) in [4.78, 5) is 6.76. The Hall–Kier alpha value is -2.05. The second-order valence-electron chi connectivity index (χ2n) is 7.66. The molecule has 2 aliphatic rings. The largest absolute Gasteiger partial charge is 0.459 e. The molecule has 2 fully saturated rings. The maximum Gasteiger partial charge on any atom is 0.194 e. The van der Waals surface area contributed by atoms with Crippen LogP contribution >= 0.6 is 0 Å². The van der Waals surface area contributed by atoms with Crippen molar-refractivity contribution in [2.24, 2.45) is 4.99 Å². The molecule has 28 heavy (non-hydrogen) atoms. The molecule has 6 nitrogen and oxygen atoms in total. The molecule has 2 aliphatic heterocycles. The SMILES string of the molecule is CN=C(NCc1cc2ccccc2o1)N1CCC(OCC2CCCCO2)CC1. The fourth-order valence-electron chi connectivity index (χ4n) is 4.04. The molecule has 0 radical (unpaired) electrons. The highest BCUT2D eigenvalue weighted by atomic mass is 16.5. The van der Waals surface area contributed by atoms with E-state index in [2.05, 4.69) is 27.3 Å². The molecular formula is C22H31N3O3. The van der Waals surface area contributed by atoms with Crippen molar-refractivity contribution in [1.29, 1.82) is 0 Å². The van der Waals surface area contributed by atoms with Gasteiger partial charge in [0.2, 0.25) is 0 Å². The van der Waals surface area contributed by atoms with E-state index in [0.29, 0.717) is 18.8 Å². The molecule has 152 valence electrons. The number of fused-ring (bicyclic) bond motifs is 1. The topological polar surface area (TPSA) is 59.2 Å². The summed E-state index contributed by atoms with van der Waals surface area (Å²) in [6.07, 6.45) is 6.27. The summed E-state index contributed by atoms with van der Waals surface area (Å²) >= 11 is 0. The maximum absolute atomic E-state index is 6.12. The lowest BCUT2D eigenvalue weighted by atomic mass is 10.1. The Labute approximate surface area is 166 Å². The van der Waals surface area contributed by atoms with Crippen molar-refractivity contribution in [3.63, 3.8) is 0 Å². The first kappa shape index (κ1) is 19.3. The zero-order valence-electron chi connectivity index (χ0n) is 16.7. The second-order valence-corrected chi connectivity index (χ2v) is 7.66. The summed E-state index contributed by atoms with van der Waals surface area (Å²) in [6.45, 7) is 4.17. The van der Waals surface area contributed by atoms with Crippen LogP contribution < -0.4 is 5.32 Å². The fourth-order valence-corrected chi connectivity index (χ4v) is 4.04. The fraction of sp³-hybridized carbons (Fsp3) is 0.591. The molecule has 1 N–H and O–H groups in total. The number of furan rings is 1. The summed E-state index contributed by atoms with van der Waals surface area (Å²) < 4.78 is 17.8. The van der Waals surface area contributed by atoms with Gasteiger partial charge in [-0.3, -0.25) is 4.99 Å². The zero-order valence-corrected chi connectivity index (χ0v) is 16.7. The van der Waals surface area contributed by atoms with Gasteiger partial charge in [0.05, 0.1) is 25.4 Å². The Morgan fingerprint density at radius 1 is 1.21 bits per heavy atom. The minimum Gasteiger partial charge on any atom is -0.459 e. The average Bonchev–Trinajstić information content (AvgIpc) is 3.17. The number of nitrogens with zero attached hydrogens (tertiary/aromatic N) is 2. The van der Waals surface area contributed by atoms with Crippen LogP contribution in [-0.2, 0) is 16.0 Å². The van der Waals surface area contributed by atoms with E-state index in [1.807, 2.05) is 25.2 Å². The average molecular weight is 386 g/mol. The van der Waals surface area contributed by atoms with Gasteiger partial charge in [0.15, 0.2) is 5.96 Å². The van der Waals surface area contributed by atoms with Gasteiger partial charge in [-0.25, -0.2) is 0 Å². The van der Waals surface area contributed by atoms with Gasteiger partial charge in [-0.15, -0.1) is 0 Å². The van der Waals surface area contributed by atoms with E-state index in [0.717, 1.165) is 68.3 Å². The molecule has 1 unspecified atom stereocenters. The first-order chi connectivity index (χ1) is 13.8. The summed E-state index contributed by atoms with van der Waals surface area (Å²) in [5, 5.41) is 4.57. The Balaban J connectivity index is 1.22. The van der Waals surface area contributed by atoms with Crippen LogP contribution in [0.25, 0.3) is 11.0 Å². The smallest absolute Gasteiger partial charge is 0.194 e. The van der Waals surface area contributed by atoms with Gasteiger partial charge >= 0.3 is 0 Å². The van der Waals surface area contributed by atoms with E-state index in [1.54, 1.807) is 0 Å². The lowest BCUT2D eigenvalue weighted by Crippen LogP contribution is -2.47. The third kappa shape index (κ3) is 4.86. The molecule has 2 saturated heterocycles. The normalized spacial score (nSPS) is 22.0. The van der Waals surface area contributed by atoms with Gasteiger partial charge in [-0.1, -0.05) is 18.2 Å². The molecule has 0 aliphatic carbocycles. The molecular weight excluding hydrogens is 354 g/mol. The Morgan fingerprint density at radius 2 is 2.07 bits per heavy atom. The summed E-state index contributed by atoms with van der Waals surface area (Å²) in [5.41, 5.74) is 0.925. The van der Waals surface area contributed by atoms with Crippen LogP contribution in [0.5, 0.6) is 0 Å². The number of nitrogens with one attached hydrogen (secondary N) is 1. The molecule has 6 heteroatoms. The van der Waals surface area contributed by atoms with Crippen LogP contribution in [0, 0.1) is 0 Å². The van der Waals surface area contributed by atoms with Crippen LogP contribution in [0.2, 0.25) is 0 Å². The predicted octanol–water partition coefficient (Wildman–Crippen LogP) is 3.56. The highest BCUT2D eigenvalue weighted by Gasteiger charge is 2.23. The van der Waals surface area contributed by atoms with Crippen LogP contribution in [0.15, 0.2) is 39.7 Å². The molecule has 1 aromatic heterocycles. The third-order valence-corrected chi connectivity index (χ3v) is 5.64. The molecule has 3 heterocycles. The quantitative estimate of drug-likeness (QED) is 0.630. The Bertz CT molecular complexity index is 741. The Morgan fingerprint density at radius 3 is 2.82 bits per heavy atom. The monoisotopic (exact) mass is 385 g/mol. The third-order valence-electron chi connectivity index (χ3n) is 5.64. The highest BCUT2D eigenvalue weighted by molar-refractivity contribution is 5.80. The summed E-state index contributed by atoms with van der Waals surface area (Å²) in [6, 6.07) is 10.2. The number of ether oxygens (including phenoxy) is 2. The van der Waals surface area contributed by atoms with Crippen LogP contribution in [0.4, 0.5) is 0 Å². The number of rotatable bonds is 5. The van der Waals surface area contributed by atoms with E-state index in [4.69, 9.17) is 13.9 Å².